The van der Waals surface area contributed by atoms with E-state index >= 15 is 0 Å². The highest BCUT2D eigenvalue weighted by Crippen LogP contribution is 2.38. The van der Waals surface area contributed by atoms with Crippen LogP contribution in [0, 0.1) is 18.3 Å². The molecule has 0 aliphatic heterocycles. The first kappa shape index (κ1) is 15.3. The Kier molecular flexibility index (Phi) is 4.28. The van der Waals surface area contributed by atoms with Gasteiger partial charge in [0.15, 0.2) is 11.5 Å². The van der Waals surface area contributed by atoms with Gasteiger partial charge in [-0.3, -0.25) is 4.98 Å². The predicted octanol–water partition coefficient (Wildman–Crippen LogP) is 2.64. The van der Waals surface area contributed by atoms with Crippen LogP contribution >= 0.6 is 0 Å². The first-order valence-corrected chi connectivity index (χ1v) is 6.39. The number of carboxylic acids is 1. The minimum Gasteiger partial charge on any atom is -0.493 e. The predicted molar refractivity (Wildman–Crippen MR) is 79.2 cm³/mol. The zero-order valence-electron chi connectivity index (χ0n) is 12.4. The lowest BCUT2D eigenvalue weighted by Crippen LogP contribution is -2.05. The van der Waals surface area contributed by atoms with Crippen molar-refractivity contribution in [3.63, 3.8) is 0 Å². The molecule has 22 heavy (non-hydrogen) atoms. The van der Waals surface area contributed by atoms with E-state index in [-0.39, 0.29) is 11.1 Å². The highest BCUT2D eigenvalue weighted by molar-refractivity contribution is 5.90. The number of hydrogen-bond acceptors (Lipinski definition) is 5. The van der Waals surface area contributed by atoms with Crippen LogP contribution in [0.4, 0.5) is 0 Å². The number of nitrogens with zero attached hydrogens (tertiary/aromatic N) is 2. The molecule has 2 rings (SSSR count). The van der Waals surface area contributed by atoms with Gasteiger partial charge in [-0.15, -0.1) is 0 Å². The van der Waals surface area contributed by atoms with E-state index in [1.807, 2.05) is 6.07 Å². The van der Waals surface area contributed by atoms with Crippen LogP contribution in [0.15, 0.2) is 24.3 Å². The molecule has 0 amide bonds. The van der Waals surface area contributed by atoms with Crippen LogP contribution in [-0.2, 0) is 0 Å². The van der Waals surface area contributed by atoms with Gasteiger partial charge in [0.05, 0.1) is 36.7 Å². The molecule has 6 heteroatoms. The number of benzene rings is 1. The molecule has 0 radical (unpaired) electrons. The summed E-state index contributed by atoms with van der Waals surface area (Å²) in [7, 11) is 3.00. The number of hydrogen-bond donors (Lipinski definition) is 1. The first-order valence-electron chi connectivity index (χ1n) is 6.39. The Hall–Kier alpha value is -3.07. The summed E-state index contributed by atoms with van der Waals surface area (Å²) in [6, 6.07) is 8.52. The third-order valence-corrected chi connectivity index (χ3v) is 3.22. The fourth-order valence-corrected chi connectivity index (χ4v) is 2.19. The number of carboxylic acid groups (broad SMARTS) is 1. The molecule has 0 saturated carbocycles. The van der Waals surface area contributed by atoms with Gasteiger partial charge in [0.2, 0.25) is 0 Å². The van der Waals surface area contributed by atoms with E-state index in [1.165, 1.54) is 20.3 Å². The summed E-state index contributed by atoms with van der Waals surface area (Å²) in [6.07, 6.45) is 0. The molecule has 0 unspecified atom stereocenters. The van der Waals surface area contributed by atoms with Crippen LogP contribution in [0.5, 0.6) is 11.5 Å². The molecule has 112 valence electrons. The van der Waals surface area contributed by atoms with Crippen molar-refractivity contribution in [2.24, 2.45) is 0 Å². The van der Waals surface area contributed by atoms with E-state index in [0.717, 1.165) is 0 Å². The van der Waals surface area contributed by atoms with Crippen molar-refractivity contribution in [2.45, 2.75) is 6.92 Å². The van der Waals surface area contributed by atoms with Crippen molar-refractivity contribution >= 4 is 5.97 Å². The van der Waals surface area contributed by atoms with Gasteiger partial charge in [-0.25, -0.2) is 4.79 Å². The topological polar surface area (TPSA) is 92.4 Å². The smallest absolute Gasteiger partial charge is 0.337 e. The molecule has 0 spiro atoms. The molecule has 1 N–H and O–H groups in total. The van der Waals surface area contributed by atoms with E-state index < -0.39 is 5.97 Å². The number of carbonyl (C=O) groups is 1. The Morgan fingerprint density at radius 1 is 1.32 bits per heavy atom. The molecule has 0 bridgehead atoms. The lowest BCUT2D eigenvalue weighted by Gasteiger charge is -2.14. The molecular formula is C16H14N2O4. The molecule has 0 fully saturated rings. The van der Waals surface area contributed by atoms with Crippen molar-refractivity contribution in [1.29, 1.82) is 5.26 Å². The molecule has 1 aromatic carbocycles. The summed E-state index contributed by atoms with van der Waals surface area (Å²) < 4.78 is 10.6. The molecule has 2 aromatic rings. The number of para-hydroxylation sites is 1. The van der Waals surface area contributed by atoms with E-state index in [2.05, 4.69) is 4.98 Å². The highest BCUT2D eigenvalue weighted by Gasteiger charge is 2.19. The molecular weight excluding hydrogens is 284 g/mol. The average Bonchev–Trinajstić information content (AvgIpc) is 2.53. The van der Waals surface area contributed by atoms with Crippen molar-refractivity contribution in [2.75, 3.05) is 14.2 Å². The van der Waals surface area contributed by atoms with Gasteiger partial charge in [-0.2, -0.15) is 5.26 Å². The lowest BCUT2D eigenvalue weighted by molar-refractivity contribution is 0.0695. The van der Waals surface area contributed by atoms with Crippen molar-refractivity contribution in [3.8, 4) is 28.8 Å². The third kappa shape index (κ3) is 2.56. The number of aryl methyl sites for hydroxylation is 1. The summed E-state index contributed by atoms with van der Waals surface area (Å²) in [5.41, 5.74) is 1.42. The van der Waals surface area contributed by atoms with Crippen LogP contribution in [0.2, 0.25) is 0 Å². The van der Waals surface area contributed by atoms with E-state index in [4.69, 9.17) is 14.6 Å². The zero-order chi connectivity index (χ0) is 16.3. The maximum atomic E-state index is 11.2. The Balaban J connectivity index is 2.76. The SMILES string of the molecule is COc1cccc(-c2nc(C)c(C(=O)O)cc2C#N)c1OC. The van der Waals surface area contributed by atoms with Gasteiger partial charge in [0.25, 0.3) is 0 Å². The molecule has 1 aromatic heterocycles. The van der Waals surface area contributed by atoms with Crippen LogP contribution < -0.4 is 9.47 Å². The van der Waals surface area contributed by atoms with Gasteiger partial charge in [0, 0.05) is 5.56 Å². The lowest BCUT2D eigenvalue weighted by atomic mass is 10.0. The average molecular weight is 298 g/mol. The highest BCUT2D eigenvalue weighted by atomic mass is 16.5. The molecule has 0 atom stereocenters. The van der Waals surface area contributed by atoms with Crippen LogP contribution in [0.25, 0.3) is 11.3 Å². The minimum absolute atomic E-state index is 0.00200. The van der Waals surface area contributed by atoms with Crippen molar-refractivity contribution in [3.05, 3.63) is 41.1 Å². The maximum Gasteiger partial charge on any atom is 0.337 e. The van der Waals surface area contributed by atoms with E-state index in [0.29, 0.717) is 28.5 Å². The number of aromatic carboxylic acids is 1. The van der Waals surface area contributed by atoms with Crippen LogP contribution in [-0.4, -0.2) is 30.3 Å². The molecule has 0 aliphatic carbocycles. The second kappa shape index (κ2) is 6.14. The Labute approximate surface area is 127 Å². The van der Waals surface area contributed by atoms with Gasteiger partial charge in [0.1, 0.15) is 6.07 Å². The standard InChI is InChI=1S/C16H14N2O4/c1-9-12(16(19)20)7-10(8-17)14(18-9)11-5-4-6-13(21-2)15(11)22-3/h4-7H,1-3H3,(H,19,20). The third-order valence-electron chi connectivity index (χ3n) is 3.22. The van der Waals surface area contributed by atoms with E-state index in [9.17, 15) is 10.1 Å². The first-order chi connectivity index (χ1) is 10.5. The fourth-order valence-electron chi connectivity index (χ4n) is 2.19. The number of nitriles is 1. The fraction of sp³-hybridized carbons (Fsp3) is 0.188. The number of aromatic nitrogens is 1. The molecule has 0 saturated heterocycles. The van der Waals surface area contributed by atoms with Crippen LogP contribution in [0.1, 0.15) is 21.6 Å². The summed E-state index contributed by atoms with van der Waals surface area (Å²) in [5, 5.41) is 18.4. The van der Waals surface area contributed by atoms with Gasteiger partial charge < -0.3 is 14.6 Å². The number of methoxy groups -OCH3 is 2. The number of ether oxygens (including phenoxy) is 2. The van der Waals surface area contributed by atoms with Crippen LogP contribution in [0.3, 0.4) is 0 Å². The summed E-state index contributed by atoms with van der Waals surface area (Å²) in [5.74, 6) is -0.173. The second-order valence-electron chi connectivity index (χ2n) is 4.48. The van der Waals surface area contributed by atoms with Gasteiger partial charge in [-0.05, 0) is 25.1 Å². The number of pyridine rings is 1. The van der Waals surface area contributed by atoms with Crippen molar-refractivity contribution < 1.29 is 19.4 Å². The summed E-state index contributed by atoms with van der Waals surface area (Å²) in [6.45, 7) is 1.58. The second-order valence-corrected chi connectivity index (χ2v) is 4.48. The Morgan fingerprint density at radius 2 is 2.05 bits per heavy atom. The maximum absolute atomic E-state index is 11.2. The zero-order valence-corrected chi connectivity index (χ0v) is 12.4. The summed E-state index contributed by atoms with van der Waals surface area (Å²) >= 11 is 0. The monoisotopic (exact) mass is 298 g/mol. The summed E-state index contributed by atoms with van der Waals surface area (Å²) in [4.78, 5) is 15.4. The molecule has 1 heterocycles. The normalized spacial score (nSPS) is 9.91. The van der Waals surface area contributed by atoms with Gasteiger partial charge >= 0.3 is 5.97 Å². The largest absolute Gasteiger partial charge is 0.493 e. The minimum atomic E-state index is -1.12. The van der Waals surface area contributed by atoms with Gasteiger partial charge in [-0.1, -0.05) is 6.07 Å². The Morgan fingerprint density at radius 3 is 2.59 bits per heavy atom. The number of rotatable bonds is 4. The molecule has 0 aliphatic rings. The molecule has 6 nitrogen and oxygen atoms in total. The quantitative estimate of drug-likeness (QED) is 0.932. The van der Waals surface area contributed by atoms with E-state index in [1.54, 1.807) is 25.1 Å². The Bertz CT molecular complexity index is 778. The van der Waals surface area contributed by atoms with Crippen molar-refractivity contribution in [1.82, 2.24) is 4.98 Å².